The van der Waals surface area contributed by atoms with E-state index in [4.69, 9.17) is 0 Å². The van der Waals surface area contributed by atoms with Gasteiger partial charge in [0, 0.05) is 5.56 Å². The van der Waals surface area contributed by atoms with E-state index in [1.807, 2.05) is 0 Å². The van der Waals surface area contributed by atoms with Crippen LogP contribution in [0.1, 0.15) is 12.0 Å². The average molecular weight is 222 g/mol. The molecule has 0 amide bonds. The summed E-state index contributed by atoms with van der Waals surface area (Å²) in [4.78, 5) is 0. The van der Waals surface area contributed by atoms with Crippen LogP contribution in [0, 0.1) is 0 Å². The first-order chi connectivity index (χ1) is 6.38. The zero-order valence-electron chi connectivity index (χ0n) is 7.28. The molecule has 14 heavy (non-hydrogen) atoms. The Hall–Kier alpha value is -1.17. The average Bonchev–Trinajstić information content (AvgIpc) is 2.01. The maximum absolute atomic E-state index is 12.2. The molecular formula is C8H8F2O3S. The number of rotatable bonds is 3. The minimum absolute atomic E-state index is 0.106. The fourth-order valence-corrected chi connectivity index (χ4v) is 1.33. The van der Waals surface area contributed by atoms with Gasteiger partial charge in [-0.1, -0.05) is 12.1 Å². The summed E-state index contributed by atoms with van der Waals surface area (Å²) in [6.07, 6.45) is -1.79. The van der Waals surface area contributed by atoms with Crippen LogP contribution in [0.5, 0.6) is 5.75 Å². The molecule has 0 bridgehead atoms. The molecule has 0 saturated heterocycles. The summed E-state index contributed by atoms with van der Waals surface area (Å²) in [7, 11) is -3.66. The van der Waals surface area contributed by atoms with E-state index in [1.54, 1.807) is 0 Å². The topological polar surface area (TPSA) is 43.4 Å². The molecule has 0 fully saturated rings. The predicted octanol–water partition coefficient (Wildman–Crippen LogP) is 1.96. The zero-order valence-corrected chi connectivity index (χ0v) is 8.09. The van der Waals surface area contributed by atoms with E-state index in [0.29, 0.717) is 0 Å². The monoisotopic (exact) mass is 222 g/mol. The van der Waals surface area contributed by atoms with Crippen molar-refractivity contribution in [1.82, 2.24) is 0 Å². The zero-order chi connectivity index (χ0) is 10.8. The molecule has 3 nitrogen and oxygen atoms in total. The summed E-state index contributed by atoms with van der Waals surface area (Å²) in [5, 5.41) is 0. The molecule has 0 aliphatic heterocycles. The van der Waals surface area contributed by atoms with Crippen molar-refractivity contribution in [2.24, 2.45) is 0 Å². The standard InChI is InChI=1S/C8H8F2O3S/c1-14(11,12)13-7-4-2-3-6(5-7)8(9)10/h2-5,8H,1H3. The van der Waals surface area contributed by atoms with Gasteiger partial charge in [0.15, 0.2) is 0 Å². The van der Waals surface area contributed by atoms with E-state index in [-0.39, 0.29) is 11.3 Å². The SMILES string of the molecule is CS(=O)(=O)Oc1cccc(C(F)F)c1. The van der Waals surface area contributed by atoms with Crippen molar-refractivity contribution in [1.29, 1.82) is 0 Å². The second-order valence-corrected chi connectivity index (χ2v) is 4.24. The highest BCUT2D eigenvalue weighted by Gasteiger charge is 2.09. The largest absolute Gasteiger partial charge is 0.383 e. The van der Waals surface area contributed by atoms with Gasteiger partial charge in [-0.3, -0.25) is 0 Å². The molecule has 1 rings (SSSR count). The first kappa shape index (κ1) is 10.9. The fraction of sp³-hybridized carbons (Fsp3) is 0.250. The van der Waals surface area contributed by atoms with E-state index in [0.717, 1.165) is 12.3 Å². The summed E-state index contributed by atoms with van der Waals surface area (Å²) in [5.74, 6) is -0.106. The van der Waals surface area contributed by atoms with Crippen molar-refractivity contribution in [3.8, 4) is 5.75 Å². The van der Waals surface area contributed by atoms with Crippen LogP contribution >= 0.6 is 0 Å². The Labute approximate surface area is 80.4 Å². The van der Waals surface area contributed by atoms with Crippen LogP contribution in [0.15, 0.2) is 24.3 Å². The van der Waals surface area contributed by atoms with Gasteiger partial charge in [-0.15, -0.1) is 0 Å². The summed E-state index contributed by atoms with van der Waals surface area (Å²) in [5.41, 5.74) is -0.272. The van der Waals surface area contributed by atoms with Crippen LogP contribution < -0.4 is 4.18 Å². The van der Waals surface area contributed by atoms with Gasteiger partial charge in [0.25, 0.3) is 6.43 Å². The van der Waals surface area contributed by atoms with Crippen molar-refractivity contribution in [3.05, 3.63) is 29.8 Å². The minimum atomic E-state index is -3.66. The second kappa shape index (κ2) is 3.91. The molecule has 0 heterocycles. The van der Waals surface area contributed by atoms with Gasteiger partial charge in [0.1, 0.15) is 5.75 Å². The minimum Gasteiger partial charge on any atom is -0.383 e. The Bertz CT molecular complexity index is 414. The summed E-state index contributed by atoms with van der Waals surface area (Å²) in [6.45, 7) is 0. The Morgan fingerprint density at radius 1 is 1.36 bits per heavy atom. The molecule has 0 unspecified atom stereocenters. The van der Waals surface area contributed by atoms with E-state index < -0.39 is 16.5 Å². The lowest BCUT2D eigenvalue weighted by Gasteiger charge is -2.04. The number of hydrogen-bond donors (Lipinski definition) is 0. The Morgan fingerprint density at radius 3 is 2.50 bits per heavy atom. The fourth-order valence-electron chi connectivity index (χ4n) is 0.877. The molecular weight excluding hydrogens is 214 g/mol. The van der Waals surface area contributed by atoms with Crippen molar-refractivity contribution < 1.29 is 21.4 Å². The summed E-state index contributed by atoms with van der Waals surface area (Å²) < 4.78 is 50.1. The highest BCUT2D eigenvalue weighted by molar-refractivity contribution is 7.86. The molecule has 0 radical (unpaired) electrons. The van der Waals surface area contributed by atoms with Gasteiger partial charge in [0.2, 0.25) is 0 Å². The maximum Gasteiger partial charge on any atom is 0.306 e. The molecule has 1 aromatic carbocycles. The molecule has 0 saturated carbocycles. The number of hydrogen-bond acceptors (Lipinski definition) is 3. The highest BCUT2D eigenvalue weighted by atomic mass is 32.2. The third kappa shape index (κ3) is 3.29. The van der Waals surface area contributed by atoms with Gasteiger partial charge < -0.3 is 4.18 Å². The molecule has 0 atom stereocenters. The van der Waals surface area contributed by atoms with Crippen LogP contribution in [-0.2, 0) is 10.1 Å². The van der Waals surface area contributed by atoms with Gasteiger partial charge in [-0.2, -0.15) is 8.42 Å². The third-order valence-corrected chi connectivity index (χ3v) is 1.85. The molecule has 78 valence electrons. The quantitative estimate of drug-likeness (QED) is 0.734. The van der Waals surface area contributed by atoms with Crippen LogP contribution in [0.3, 0.4) is 0 Å². The smallest absolute Gasteiger partial charge is 0.306 e. The van der Waals surface area contributed by atoms with Crippen molar-refractivity contribution >= 4 is 10.1 Å². The summed E-state index contributed by atoms with van der Waals surface area (Å²) in [6, 6.07) is 4.79. The Balaban J connectivity index is 2.95. The van der Waals surface area contributed by atoms with Gasteiger partial charge in [-0.05, 0) is 12.1 Å². The lowest BCUT2D eigenvalue weighted by molar-refractivity contribution is 0.151. The lowest BCUT2D eigenvalue weighted by Crippen LogP contribution is -2.05. The number of alkyl halides is 2. The molecule has 6 heteroatoms. The van der Waals surface area contributed by atoms with Gasteiger partial charge in [-0.25, -0.2) is 8.78 Å². The van der Waals surface area contributed by atoms with Crippen LogP contribution in [0.4, 0.5) is 8.78 Å². The van der Waals surface area contributed by atoms with Crippen LogP contribution in [0.2, 0.25) is 0 Å². The third-order valence-electron chi connectivity index (χ3n) is 1.36. The Kier molecular flexibility index (Phi) is 3.05. The summed E-state index contributed by atoms with van der Waals surface area (Å²) >= 11 is 0. The van der Waals surface area contributed by atoms with Crippen LogP contribution in [-0.4, -0.2) is 14.7 Å². The molecule has 0 spiro atoms. The van der Waals surface area contributed by atoms with Crippen molar-refractivity contribution in [2.75, 3.05) is 6.26 Å². The van der Waals surface area contributed by atoms with E-state index in [9.17, 15) is 17.2 Å². The van der Waals surface area contributed by atoms with E-state index >= 15 is 0 Å². The first-order valence-electron chi connectivity index (χ1n) is 3.66. The normalized spacial score (nSPS) is 11.7. The predicted molar refractivity (Wildman–Crippen MR) is 46.9 cm³/mol. The van der Waals surface area contributed by atoms with Crippen molar-refractivity contribution in [2.45, 2.75) is 6.43 Å². The number of benzene rings is 1. The van der Waals surface area contributed by atoms with Gasteiger partial charge in [0.05, 0.1) is 6.26 Å². The molecule has 1 aromatic rings. The first-order valence-corrected chi connectivity index (χ1v) is 5.48. The van der Waals surface area contributed by atoms with Crippen LogP contribution in [0.25, 0.3) is 0 Å². The van der Waals surface area contributed by atoms with Gasteiger partial charge >= 0.3 is 10.1 Å². The van der Waals surface area contributed by atoms with Crippen molar-refractivity contribution in [3.63, 3.8) is 0 Å². The molecule has 0 aliphatic rings. The lowest BCUT2D eigenvalue weighted by atomic mass is 10.2. The molecule has 0 N–H and O–H groups in total. The highest BCUT2D eigenvalue weighted by Crippen LogP contribution is 2.23. The molecule has 0 aliphatic carbocycles. The van der Waals surface area contributed by atoms with E-state index in [1.165, 1.54) is 18.2 Å². The van der Waals surface area contributed by atoms with E-state index in [2.05, 4.69) is 4.18 Å². The maximum atomic E-state index is 12.2. The molecule has 0 aromatic heterocycles. The Morgan fingerprint density at radius 2 is 2.00 bits per heavy atom. The second-order valence-electron chi connectivity index (χ2n) is 2.66. The number of halogens is 2.